The molecule has 0 heterocycles. The van der Waals surface area contributed by atoms with Crippen LogP contribution in [0.25, 0.3) is 6.08 Å². The van der Waals surface area contributed by atoms with E-state index < -0.39 is 0 Å². The monoisotopic (exact) mass is 362 g/mol. The normalized spacial score (nSPS) is 10.6. The molecule has 0 bridgehead atoms. The van der Waals surface area contributed by atoms with Crippen molar-refractivity contribution < 1.29 is 23.7 Å². The van der Waals surface area contributed by atoms with Gasteiger partial charge in [0.05, 0.1) is 39.0 Å². The largest absolute Gasteiger partial charge is 0.497 e. The Kier molecular flexibility index (Phi) is 6.31. The Balaban J connectivity index is 2.33. The summed E-state index contributed by atoms with van der Waals surface area (Å²) in [5.41, 5.74) is 1.11. The van der Waals surface area contributed by atoms with E-state index in [9.17, 15) is 4.79 Å². The topological polar surface area (TPSA) is 54.0 Å². The number of rotatable bonds is 7. The molecule has 0 fully saturated rings. The fourth-order valence-corrected chi connectivity index (χ4v) is 2.60. The molecule has 0 N–H and O–H groups in total. The van der Waals surface area contributed by atoms with Gasteiger partial charge in [0, 0.05) is 0 Å². The number of benzene rings is 2. The van der Waals surface area contributed by atoms with Gasteiger partial charge in [-0.05, 0) is 42.0 Å². The van der Waals surface area contributed by atoms with Crippen LogP contribution in [0, 0.1) is 0 Å². The second-order valence-electron chi connectivity index (χ2n) is 5.00. The van der Waals surface area contributed by atoms with Crippen molar-refractivity contribution >= 4 is 23.5 Å². The Morgan fingerprint density at radius 3 is 2.24 bits per heavy atom. The van der Waals surface area contributed by atoms with E-state index in [0.29, 0.717) is 39.1 Å². The standard InChI is InChI=1S/C19H19ClO5/c1-22-13-6-8-17(23-2)14(11-13)16(21)7-5-12-9-15(20)19(25-4)18(10-12)24-3/h5-11H,1-4H3/b7-5+. The van der Waals surface area contributed by atoms with Crippen LogP contribution in [0.3, 0.4) is 0 Å². The predicted molar refractivity (Wildman–Crippen MR) is 97.5 cm³/mol. The van der Waals surface area contributed by atoms with Gasteiger partial charge in [0.2, 0.25) is 0 Å². The number of hydrogen-bond donors (Lipinski definition) is 0. The Morgan fingerprint density at radius 2 is 1.64 bits per heavy atom. The number of ether oxygens (including phenoxy) is 4. The van der Waals surface area contributed by atoms with Crippen LogP contribution < -0.4 is 18.9 Å². The van der Waals surface area contributed by atoms with Crippen LogP contribution in [0.2, 0.25) is 5.02 Å². The molecule has 0 amide bonds. The summed E-state index contributed by atoms with van der Waals surface area (Å²) in [5, 5.41) is 0.396. The minimum atomic E-state index is -0.221. The number of allylic oxidation sites excluding steroid dienone is 1. The van der Waals surface area contributed by atoms with Gasteiger partial charge < -0.3 is 18.9 Å². The lowest BCUT2D eigenvalue weighted by Crippen LogP contribution is -2.00. The SMILES string of the molecule is COc1ccc(OC)c(C(=O)/C=C/c2cc(Cl)c(OC)c(OC)c2)c1. The molecule has 2 aromatic carbocycles. The molecule has 6 heteroatoms. The summed E-state index contributed by atoms with van der Waals surface area (Å²) in [4.78, 5) is 12.5. The van der Waals surface area contributed by atoms with Crippen molar-refractivity contribution in [3.8, 4) is 23.0 Å². The molecule has 2 rings (SSSR count). The highest BCUT2D eigenvalue weighted by Gasteiger charge is 2.13. The van der Waals surface area contributed by atoms with Gasteiger partial charge in [-0.25, -0.2) is 0 Å². The van der Waals surface area contributed by atoms with Crippen molar-refractivity contribution in [2.24, 2.45) is 0 Å². The van der Waals surface area contributed by atoms with E-state index in [1.54, 1.807) is 36.4 Å². The zero-order valence-corrected chi connectivity index (χ0v) is 15.2. The van der Waals surface area contributed by atoms with E-state index in [1.807, 2.05) is 0 Å². The molecule has 0 radical (unpaired) electrons. The van der Waals surface area contributed by atoms with Crippen molar-refractivity contribution in [3.63, 3.8) is 0 Å². The highest BCUT2D eigenvalue weighted by atomic mass is 35.5. The first-order chi connectivity index (χ1) is 12.0. The molecule has 132 valence electrons. The molecule has 5 nitrogen and oxygen atoms in total. The molecule has 0 saturated heterocycles. The quantitative estimate of drug-likeness (QED) is 0.544. The van der Waals surface area contributed by atoms with Crippen molar-refractivity contribution in [2.45, 2.75) is 0 Å². The summed E-state index contributed by atoms with van der Waals surface area (Å²) in [7, 11) is 6.08. The maximum absolute atomic E-state index is 12.5. The molecule has 0 unspecified atom stereocenters. The number of hydrogen-bond acceptors (Lipinski definition) is 5. The minimum Gasteiger partial charge on any atom is -0.497 e. The Hall–Kier alpha value is -2.66. The van der Waals surface area contributed by atoms with Crippen molar-refractivity contribution in [3.05, 3.63) is 52.6 Å². The van der Waals surface area contributed by atoms with E-state index in [1.165, 1.54) is 34.5 Å². The predicted octanol–water partition coefficient (Wildman–Crippen LogP) is 4.27. The summed E-state index contributed by atoms with van der Waals surface area (Å²) >= 11 is 6.17. The van der Waals surface area contributed by atoms with Gasteiger partial charge >= 0.3 is 0 Å². The highest BCUT2D eigenvalue weighted by Crippen LogP contribution is 2.36. The molecule has 0 atom stereocenters. The number of carbonyl (C=O) groups is 1. The summed E-state index contributed by atoms with van der Waals surface area (Å²) in [6.07, 6.45) is 3.09. The molecule has 2 aromatic rings. The van der Waals surface area contributed by atoms with Crippen molar-refractivity contribution in [2.75, 3.05) is 28.4 Å². The lowest BCUT2D eigenvalue weighted by atomic mass is 10.1. The Bertz CT molecular complexity index is 799. The molecule has 0 aliphatic rings. The minimum absolute atomic E-state index is 0.221. The number of ketones is 1. The first-order valence-electron chi connectivity index (χ1n) is 7.40. The van der Waals surface area contributed by atoms with Gasteiger partial charge in [0.1, 0.15) is 11.5 Å². The molecular formula is C19H19ClO5. The first-order valence-corrected chi connectivity index (χ1v) is 7.77. The zero-order valence-electron chi connectivity index (χ0n) is 14.5. The summed E-state index contributed by atoms with van der Waals surface area (Å²) in [6.45, 7) is 0. The summed E-state index contributed by atoms with van der Waals surface area (Å²) in [6, 6.07) is 8.47. The van der Waals surface area contributed by atoms with E-state index in [2.05, 4.69) is 0 Å². The van der Waals surface area contributed by atoms with Crippen molar-refractivity contribution in [1.29, 1.82) is 0 Å². The Morgan fingerprint density at radius 1 is 0.920 bits per heavy atom. The molecule has 0 saturated carbocycles. The van der Waals surface area contributed by atoms with Crippen LogP contribution in [0.15, 0.2) is 36.4 Å². The van der Waals surface area contributed by atoms with E-state index in [-0.39, 0.29) is 5.78 Å². The lowest BCUT2D eigenvalue weighted by Gasteiger charge is -2.10. The van der Waals surface area contributed by atoms with E-state index in [4.69, 9.17) is 30.5 Å². The fraction of sp³-hybridized carbons (Fsp3) is 0.211. The smallest absolute Gasteiger partial charge is 0.189 e. The molecule has 25 heavy (non-hydrogen) atoms. The third-order valence-corrected chi connectivity index (χ3v) is 3.84. The number of methoxy groups -OCH3 is 4. The van der Waals surface area contributed by atoms with Gasteiger partial charge in [0.25, 0.3) is 0 Å². The van der Waals surface area contributed by atoms with Crippen LogP contribution in [0.5, 0.6) is 23.0 Å². The number of carbonyl (C=O) groups excluding carboxylic acids is 1. The average Bonchev–Trinajstić information content (AvgIpc) is 2.64. The van der Waals surface area contributed by atoms with Gasteiger partial charge in [-0.1, -0.05) is 17.7 Å². The zero-order chi connectivity index (χ0) is 18.4. The Labute approximate surface area is 151 Å². The van der Waals surface area contributed by atoms with Crippen molar-refractivity contribution in [1.82, 2.24) is 0 Å². The fourth-order valence-electron chi connectivity index (χ4n) is 2.30. The second-order valence-corrected chi connectivity index (χ2v) is 5.41. The third-order valence-electron chi connectivity index (χ3n) is 3.56. The van der Waals surface area contributed by atoms with Crippen LogP contribution >= 0.6 is 11.6 Å². The van der Waals surface area contributed by atoms with Gasteiger partial charge in [-0.2, -0.15) is 0 Å². The van der Waals surface area contributed by atoms with E-state index in [0.717, 1.165) is 0 Å². The molecule has 0 aromatic heterocycles. The first kappa shape index (κ1) is 18.7. The molecule has 0 spiro atoms. The van der Waals surface area contributed by atoms with E-state index >= 15 is 0 Å². The number of halogens is 1. The third kappa shape index (κ3) is 4.25. The maximum Gasteiger partial charge on any atom is 0.189 e. The van der Waals surface area contributed by atoms with Crippen LogP contribution in [0.1, 0.15) is 15.9 Å². The lowest BCUT2D eigenvalue weighted by molar-refractivity contribution is 0.104. The summed E-state index contributed by atoms with van der Waals surface area (Å²) in [5.74, 6) is 1.76. The summed E-state index contributed by atoms with van der Waals surface area (Å²) < 4.78 is 20.8. The second kappa shape index (κ2) is 8.44. The highest BCUT2D eigenvalue weighted by molar-refractivity contribution is 6.32. The molecule has 0 aliphatic heterocycles. The molecule has 0 aliphatic carbocycles. The van der Waals surface area contributed by atoms with Gasteiger partial charge in [0.15, 0.2) is 17.3 Å². The molecular weight excluding hydrogens is 344 g/mol. The average molecular weight is 363 g/mol. The maximum atomic E-state index is 12.5. The van der Waals surface area contributed by atoms with Crippen LogP contribution in [-0.4, -0.2) is 34.2 Å². The van der Waals surface area contributed by atoms with Crippen LogP contribution in [0.4, 0.5) is 0 Å². The van der Waals surface area contributed by atoms with Crippen LogP contribution in [-0.2, 0) is 0 Å². The van der Waals surface area contributed by atoms with Gasteiger partial charge in [-0.3, -0.25) is 4.79 Å². The van der Waals surface area contributed by atoms with Gasteiger partial charge in [-0.15, -0.1) is 0 Å².